The molecule has 184 valence electrons. The fraction of sp³-hybridized carbons (Fsp3) is 0.429. The maximum absolute atomic E-state index is 15.1. The van der Waals surface area contributed by atoms with Gasteiger partial charge in [0.25, 0.3) is 11.8 Å². The molecule has 0 aromatic carbocycles. The Morgan fingerprint density at radius 1 is 1.29 bits per heavy atom. The number of amides is 1. The first-order chi connectivity index (χ1) is 15.7. The van der Waals surface area contributed by atoms with Crippen LogP contribution in [0.2, 0.25) is 5.02 Å². The quantitative estimate of drug-likeness (QED) is 0.487. The lowest BCUT2D eigenvalue weighted by molar-refractivity contribution is -0.0148. The summed E-state index contributed by atoms with van der Waals surface area (Å²) in [6, 6.07) is 5.15. The number of anilines is 1. The van der Waals surface area contributed by atoms with Crippen LogP contribution in [0, 0.1) is 5.82 Å². The van der Waals surface area contributed by atoms with E-state index < -0.39 is 56.6 Å². The molecule has 5 N–H and O–H groups in total. The van der Waals surface area contributed by atoms with Gasteiger partial charge in [-0.1, -0.05) is 22.1 Å². The van der Waals surface area contributed by atoms with Crippen molar-refractivity contribution in [1.29, 1.82) is 0 Å². The second-order valence-electron chi connectivity index (χ2n) is 8.99. The molecule has 8 nitrogen and oxygen atoms in total. The van der Waals surface area contributed by atoms with Crippen molar-refractivity contribution in [3.8, 4) is 0 Å². The molecule has 1 fully saturated rings. The Bertz CT molecular complexity index is 1180. The van der Waals surface area contributed by atoms with Gasteiger partial charge in [-0.15, -0.1) is 0 Å². The molecule has 0 bridgehead atoms. The number of aliphatic imine (C=N–C) groups is 1. The highest BCUT2D eigenvalue weighted by Crippen LogP contribution is 2.67. The van der Waals surface area contributed by atoms with Gasteiger partial charge in [-0.2, -0.15) is 0 Å². The molecule has 2 aliphatic rings. The molecule has 0 aliphatic carbocycles. The number of alkyl halides is 2. The summed E-state index contributed by atoms with van der Waals surface area (Å²) in [5.74, 6) is -4.69. The van der Waals surface area contributed by atoms with Crippen LogP contribution in [0.15, 0.2) is 35.5 Å². The third-order valence-corrected chi connectivity index (χ3v) is 10.4. The van der Waals surface area contributed by atoms with Crippen LogP contribution in [0.25, 0.3) is 0 Å². The van der Waals surface area contributed by atoms with Gasteiger partial charge in [0.15, 0.2) is 0 Å². The Labute approximate surface area is 200 Å². The summed E-state index contributed by atoms with van der Waals surface area (Å²) < 4.78 is 57.2. The summed E-state index contributed by atoms with van der Waals surface area (Å²) in [7, 11) is -3.04. The molecule has 2 aromatic rings. The van der Waals surface area contributed by atoms with Crippen LogP contribution in [0.5, 0.6) is 0 Å². The fourth-order valence-electron chi connectivity index (χ4n) is 4.23. The standard InChI is InChI=1S/C21H24ClF3N6O2S/c1-19(2)18(26)31-20(3,14-8-21(24,25)10-28-34(14,19)33)16-12(23)5-7-15(29-16)30-17(32)13-6-4-11(22)9-27-13/h4-7,9,14,28,33H,8,10H2,1-3H3,(H2,26,31)(H,29,30,32)/t14-,20+/m1/s1. The van der Waals surface area contributed by atoms with Gasteiger partial charge in [0.05, 0.1) is 21.6 Å². The minimum absolute atomic E-state index is 0.0116. The molecule has 4 heterocycles. The topological polar surface area (TPSA) is 126 Å². The molecule has 2 aromatic heterocycles. The van der Waals surface area contributed by atoms with E-state index in [0.29, 0.717) is 5.02 Å². The van der Waals surface area contributed by atoms with Gasteiger partial charge in [-0.05, 0) is 45.0 Å². The van der Waals surface area contributed by atoms with E-state index in [1.165, 1.54) is 31.3 Å². The lowest BCUT2D eigenvalue weighted by atomic mass is 9.88. The van der Waals surface area contributed by atoms with Crippen LogP contribution in [-0.4, -0.2) is 48.7 Å². The number of hydrogen-bond acceptors (Lipinski definition) is 7. The Hall–Kier alpha value is -2.41. The summed E-state index contributed by atoms with van der Waals surface area (Å²) in [6.45, 7) is 3.91. The first kappa shape index (κ1) is 24.7. The molecule has 0 spiro atoms. The molecular weight excluding hydrogens is 493 g/mol. The second-order valence-corrected chi connectivity index (χ2v) is 12.6. The third-order valence-electron chi connectivity index (χ3n) is 6.35. The monoisotopic (exact) mass is 516 g/mol. The van der Waals surface area contributed by atoms with E-state index in [0.717, 1.165) is 6.07 Å². The van der Waals surface area contributed by atoms with E-state index in [9.17, 15) is 18.1 Å². The summed E-state index contributed by atoms with van der Waals surface area (Å²) in [5.41, 5.74) is 4.18. The number of hydrogen-bond donors (Lipinski definition) is 4. The number of nitrogens with two attached hydrogens (primary N) is 1. The van der Waals surface area contributed by atoms with E-state index in [-0.39, 0.29) is 23.0 Å². The molecule has 1 unspecified atom stereocenters. The summed E-state index contributed by atoms with van der Waals surface area (Å²) >= 11 is 5.79. The minimum atomic E-state index is -3.16. The number of nitrogens with one attached hydrogen (secondary N) is 2. The Balaban J connectivity index is 1.78. The maximum Gasteiger partial charge on any atom is 0.275 e. The summed E-state index contributed by atoms with van der Waals surface area (Å²) in [6.07, 6.45) is 0.553. The average Bonchev–Trinajstić information content (AvgIpc) is 2.76. The van der Waals surface area contributed by atoms with Crippen molar-refractivity contribution in [2.24, 2.45) is 10.7 Å². The highest BCUT2D eigenvalue weighted by molar-refractivity contribution is 8.29. The van der Waals surface area contributed by atoms with E-state index in [2.05, 4.69) is 25.0 Å². The molecule has 3 atom stereocenters. The largest absolute Gasteiger partial charge is 0.386 e. The van der Waals surface area contributed by atoms with Crippen molar-refractivity contribution in [1.82, 2.24) is 14.7 Å². The molecule has 1 amide bonds. The zero-order valence-electron chi connectivity index (χ0n) is 18.6. The number of pyridine rings is 2. The summed E-state index contributed by atoms with van der Waals surface area (Å²) in [4.78, 5) is 25.1. The van der Waals surface area contributed by atoms with E-state index in [4.69, 9.17) is 17.3 Å². The molecule has 4 rings (SSSR count). The first-order valence-electron chi connectivity index (χ1n) is 10.3. The van der Waals surface area contributed by atoms with Crippen molar-refractivity contribution < 1.29 is 22.5 Å². The van der Waals surface area contributed by atoms with Gasteiger partial charge >= 0.3 is 0 Å². The van der Waals surface area contributed by atoms with Gasteiger partial charge < -0.3 is 15.6 Å². The highest BCUT2D eigenvalue weighted by Gasteiger charge is 2.64. The van der Waals surface area contributed by atoms with Crippen LogP contribution >= 0.6 is 22.1 Å². The number of carbonyl (C=O) groups excluding carboxylic acids is 1. The number of aromatic nitrogens is 2. The number of carbonyl (C=O) groups is 1. The molecule has 0 saturated carbocycles. The number of fused-ring (bicyclic) bond motifs is 1. The van der Waals surface area contributed by atoms with Crippen molar-refractivity contribution in [3.05, 3.63) is 52.7 Å². The molecule has 1 saturated heterocycles. The molecule has 13 heteroatoms. The summed E-state index contributed by atoms with van der Waals surface area (Å²) in [5, 5.41) is 1.64. The predicted molar refractivity (Wildman–Crippen MR) is 126 cm³/mol. The van der Waals surface area contributed by atoms with Gasteiger partial charge in [-0.25, -0.2) is 23.1 Å². The Kier molecular flexibility index (Phi) is 5.87. The van der Waals surface area contributed by atoms with Crippen molar-refractivity contribution in [2.45, 2.75) is 48.7 Å². The zero-order chi connectivity index (χ0) is 25.1. The van der Waals surface area contributed by atoms with Gasteiger partial charge in [0.2, 0.25) is 0 Å². The van der Waals surface area contributed by atoms with Gasteiger partial charge in [0.1, 0.15) is 34.4 Å². The highest BCUT2D eigenvalue weighted by atomic mass is 35.5. The Morgan fingerprint density at radius 3 is 2.65 bits per heavy atom. The molecule has 2 aliphatic heterocycles. The third kappa shape index (κ3) is 3.92. The number of nitrogens with zero attached hydrogens (tertiary/aromatic N) is 3. The number of rotatable bonds is 3. The number of halogens is 4. The van der Waals surface area contributed by atoms with Crippen LogP contribution in [0.4, 0.5) is 19.0 Å². The average molecular weight is 517 g/mol. The first-order valence-corrected chi connectivity index (χ1v) is 12.4. The lowest BCUT2D eigenvalue weighted by Gasteiger charge is -2.61. The zero-order valence-corrected chi connectivity index (χ0v) is 20.1. The molecule has 34 heavy (non-hydrogen) atoms. The minimum Gasteiger partial charge on any atom is -0.386 e. The SMILES string of the molecule is CC1(C)C(N)=N[C@](C)(c2nc(NC(=O)c3ccc(Cl)cn3)ccc2F)[C@H]2CC(F)(F)CNS21O. The van der Waals surface area contributed by atoms with E-state index >= 15 is 4.39 Å². The lowest BCUT2D eigenvalue weighted by Crippen LogP contribution is -2.65. The predicted octanol–water partition coefficient (Wildman–Crippen LogP) is 4.08. The number of amidine groups is 1. The molecule has 0 radical (unpaired) electrons. The second kappa shape index (κ2) is 8.08. The smallest absolute Gasteiger partial charge is 0.275 e. The fourth-order valence-corrected chi connectivity index (χ4v) is 7.72. The molecular formula is C21H24ClF3N6O2S. The van der Waals surface area contributed by atoms with E-state index in [1.54, 1.807) is 13.8 Å². The van der Waals surface area contributed by atoms with Crippen LogP contribution in [0.1, 0.15) is 43.4 Å². The van der Waals surface area contributed by atoms with Crippen molar-refractivity contribution >= 4 is 39.7 Å². The Morgan fingerprint density at radius 2 is 2.00 bits per heavy atom. The van der Waals surface area contributed by atoms with Gasteiger partial charge in [0, 0.05) is 12.6 Å². The van der Waals surface area contributed by atoms with Crippen molar-refractivity contribution in [3.63, 3.8) is 0 Å². The normalized spacial score (nSPS) is 31.5. The maximum atomic E-state index is 15.1. The van der Waals surface area contributed by atoms with Crippen molar-refractivity contribution in [2.75, 3.05) is 11.9 Å². The van der Waals surface area contributed by atoms with Crippen LogP contribution in [0.3, 0.4) is 0 Å². The van der Waals surface area contributed by atoms with Crippen LogP contribution < -0.4 is 15.8 Å². The van der Waals surface area contributed by atoms with E-state index in [1.807, 2.05) is 0 Å². The van der Waals surface area contributed by atoms with Gasteiger partial charge in [-0.3, -0.25) is 14.5 Å². The van der Waals surface area contributed by atoms with Crippen LogP contribution in [-0.2, 0) is 5.54 Å².